The Morgan fingerprint density at radius 1 is 1.13 bits per heavy atom. The molecule has 1 unspecified atom stereocenters. The highest BCUT2D eigenvalue weighted by Gasteiger charge is 2.27. The van der Waals surface area contributed by atoms with Gasteiger partial charge in [0, 0.05) is 30.4 Å². The van der Waals surface area contributed by atoms with Gasteiger partial charge in [-0.3, -0.25) is 4.79 Å². The zero-order valence-corrected chi connectivity index (χ0v) is 17.5. The lowest BCUT2D eigenvalue weighted by Gasteiger charge is -2.25. The van der Waals surface area contributed by atoms with Crippen LogP contribution in [-0.2, 0) is 4.79 Å². The van der Waals surface area contributed by atoms with Crippen molar-refractivity contribution in [3.8, 4) is 17.2 Å². The molecule has 2 N–H and O–H groups in total. The summed E-state index contributed by atoms with van der Waals surface area (Å²) in [6, 6.07) is 17.0. The highest BCUT2D eigenvalue weighted by atomic mass is 16.6. The minimum atomic E-state index is -0.815. The lowest BCUT2D eigenvalue weighted by molar-refractivity contribution is -0.130. The molecule has 160 valence electrons. The van der Waals surface area contributed by atoms with E-state index in [0.717, 1.165) is 29.5 Å². The van der Waals surface area contributed by atoms with Crippen molar-refractivity contribution in [2.24, 2.45) is 5.10 Å². The van der Waals surface area contributed by atoms with E-state index in [9.17, 15) is 9.90 Å². The highest BCUT2D eigenvalue weighted by molar-refractivity contribution is 5.88. The predicted octanol–water partition coefficient (Wildman–Crippen LogP) is 3.68. The van der Waals surface area contributed by atoms with Crippen molar-refractivity contribution >= 4 is 28.6 Å². The third-order valence-corrected chi connectivity index (χ3v) is 5.28. The van der Waals surface area contributed by atoms with Crippen LogP contribution in [0.2, 0.25) is 0 Å². The van der Waals surface area contributed by atoms with E-state index >= 15 is 0 Å². The molecule has 1 heterocycles. The van der Waals surface area contributed by atoms with Crippen LogP contribution in [0.1, 0.15) is 19.4 Å². The van der Waals surface area contributed by atoms with E-state index in [4.69, 9.17) is 9.47 Å². The van der Waals surface area contributed by atoms with Crippen molar-refractivity contribution in [3.63, 3.8) is 0 Å². The number of ether oxygens (including phenoxy) is 2. The van der Waals surface area contributed by atoms with Crippen molar-refractivity contribution in [2.75, 3.05) is 24.6 Å². The number of aromatic hydroxyl groups is 1. The Bertz CT molecular complexity index is 1130. The van der Waals surface area contributed by atoms with E-state index in [1.165, 1.54) is 6.21 Å². The lowest BCUT2D eigenvalue weighted by atomic mass is 10.1. The summed E-state index contributed by atoms with van der Waals surface area (Å²) in [7, 11) is 0. The smallest absolute Gasteiger partial charge is 0.284 e. The van der Waals surface area contributed by atoms with E-state index < -0.39 is 12.0 Å². The average molecular weight is 419 g/mol. The Morgan fingerprint density at radius 3 is 2.52 bits per heavy atom. The molecule has 0 saturated heterocycles. The number of phenolic OH excluding ortho intramolecular Hbond substituents is 1. The number of hydrazone groups is 1. The summed E-state index contributed by atoms with van der Waals surface area (Å²) in [4.78, 5) is 14.6. The summed E-state index contributed by atoms with van der Waals surface area (Å²) in [5.41, 5.74) is 3.90. The number of nitrogens with zero attached hydrogens (tertiary/aromatic N) is 2. The number of fused-ring (bicyclic) bond motifs is 2. The average Bonchev–Trinajstić information content (AvgIpc) is 2.79. The summed E-state index contributed by atoms with van der Waals surface area (Å²) in [5.74, 6) is 0.818. The first-order chi connectivity index (χ1) is 15.1. The molecule has 7 heteroatoms. The van der Waals surface area contributed by atoms with Gasteiger partial charge in [-0.05, 0) is 48.9 Å². The predicted molar refractivity (Wildman–Crippen MR) is 121 cm³/mol. The molecule has 0 bridgehead atoms. The summed E-state index contributed by atoms with van der Waals surface area (Å²) in [6.45, 7) is 5.91. The van der Waals surface area contributed by atoms with E-state index in [1.807, 2.05) is 42.5 Å². The number of phenols is 1. The first-order valence-corrected chi connectivity index (χ1v) is 10.3. The van der Waals surface area contributed by atoms with Gasteiger partial charge in [-0.15, -0.1) is 0 Å². The number of hydrogen-bond donors (Lipinski definition) is 2. The zero-order chi connectivity index (χ0) is 21.8. The first-order valence-electron chi connectivity index (χ1n) is 10.3. The second kappa shape index (κ2) is 8.95. The fourth-order valence-electron chi connectivity index (χ4n) is 3.55. The van der Waals surface area contributed by atoms with Crippen LogP contribution in [0.3, 0.4) is 0 Å². The molecule has 1 atom stereocenters. The fraction of sp³-hybridized carbons (Fsp3) is 0.250. The molecule has 0 saturated carbocycles. The van der Waals surface area contributed by atoms with Gasteiger partial charge in [0.25, 0.3) is 5.91 Å². The molecular weight excluding hydrogens is 394 g/mol. The van der Waals surface area contributed by atoms with Crippen LogP contribution in [0.15, 0.2) is 59.7 Å². The maximum absolute atomic E-state index is 12.5. The summed E-state index contributed by atoms with van der Waals surface area (Å²) >= 11 is 0. The van der Waals surface area contributed by atoms with Gasteiger partial charge in [0.2, 0.25) is 6.10 Å². The van der Waals surface area contributed by atoms with Crippen molar-refractivity contribution in [3.05, 3.63) is 60.2 Å². The van der Waals surface area contributed by atoms with Crippen molar-refractivity contribution in [2.45, 2.75) is 20.0 Å². The molecule has 1 aliphatic heterocycles. The molecule has 0 spiro atoms. The molecule has 7 nitrogen and oxygen atoms in total. The molecule has 0 aromatic heterocycles. The van der Waals surface area contributed by atoms with Gasteiger partial charge in [0.05, 0.1) is 6.21 Å². The number of rotatable bonds is 6. The van der Waals surface area contributed by atoms with E-state index in [2.05, 4.69) is 29.3 Å². The minimum absolute atomic E-state index is 0.0938. The molecule has 0 aliphatic carbocycles. The van der Waals surface area contributed by atoms with Crippen LogP contribution >= 0.6 is 0 Å². The molecule has 3 aromatic rings. The number of carbonyl (C=O) groups is 1. The molecule has 31 heavy (non-hydrogen) atoms. The second-order valence-electron chi connectivity index (χ2n) is 7.21. The largest absolute Gasteiger partial charge is 0.507 e. The minimum Gasteiger partial charge on any atom is -0.507 e. The standard InChI is InChI=1S/C24H25N3O4/c1-3-27(4-2)19-10-9-18(20(28)13-19)14-25-26-24(29)23-15-30-21-11-16-7-5-6-8-17(16)12-22(21)31-23/h5-14,23,28H,3-4,15H2,1-2H3,(H,26,29)/b25-14+. The Balaban J connectivity index is 1.40. The topological polar surface area (TPSA) is 83.4 Å². The highest BCUT2D eigenvalue weighted by Crippen LogP contribution is 2.35. The van der Waals surface area contributed by atoms with Crippen LogP contribution in [0, 0.1) is 0 Å². The maximum Gasteiger partial charge on any atom is 0.284 e. The number of hydrogen-bond acceptors (Lipinski definition) is 6. The molecule has 3 aromatic carbocycles. The normalized spacial score (nSPS) is 15.2. The van der Waals surface area contributed by atoms with Crippen molar-refractivity contribution < 1.29 is 19.4 Å². The van der Waals surface area contributed by atoms with Gasteiger partial charge >= 0.3 is 0 Å². The molecule has 4 rings (SSSR count). The van der Waals surface area contributed by atoms with Crippen molar-refractivity contribution in [1.29, 1.82) is 0 Å². The summed E-state index contributed by atoms with van der Waals surface area (Å²) in [6.07, 6.45) is 0.592. The second-order valence-corrected chi connectivity index (χ2v) is 7.21. The molecule has 0 radical (unpaired) electrons. The summed E-state index contributed by atoms with van der Waals surface area (Å²) < 4.78 is 11.6. The molecule has 0 fully saturated rings. The Labute approximate surface area is 180 Å². The first kappa shape index (κ1) is 20.5. The third kappa shape index (κ3) is 4.40. The molecule has 1 aliphatic rings. The van der Waals surface area contributed by atoms with Crippen LogP contribution in [0.4, 0.5) is 5.69 Å². The van der Waals surface area contributed by atoms with Gasteiger partial charge in [-0.1, -0.05) is 24.3 Å². The maximum atomic E-state index is 12.5. The summed E-state index contributed by atoms with van der Waals surface area (Å²) in [5, 5.41) is 16.3. The number of anilines is 1. The van der Waals surface area contributed by atoms with Crippen molar-refractivity contribution in [1.82, 2.24) is 5.43 Å². The van der Waals surface area contributed by atoms with Gasteiger partial charge in [-0.25, -0.2) is 5.43 Å². The number of nitrogens with one attached hydrogen (secondary N) is 1. The molecular formula is C24H25N3O4. The number of carbonyl (C=O) groups excluding carboxylic acids is 1. The van der Waals surface area contributed by atoms with E-state index in [0.29, 0.717) is 17.1 Å². The SMILES string of the molecule is CCN(CC)c1ccc(/C=N/NC(=O)C2COc3cc4ccccc4cc3O2)c(O)c1. The Kier molecular flexibility index (Phi) is 5.93. The van der Waals surface area contributed by atoms with Crippen LogP contribution < -0.4 is 19.8 Å². The zero-order valence-electron chi connectivity index (χ0n) is 17.5. The van der Waals surface area contributed by atoms with Gasteiger partial charge in [0.15, 0.2) is 11.5 Å². The number of benzene rings is 3. The monoisotopic (exact) mass is 419 g/mol. The molecule has 1 amide bonds. The third-order valence-electron chi connectivity index (χ3n) is 5.28. The van der Waals surface area contributed by atoms with Gasteiger partial charge in [-0.2, -0.15) is 5.10 Å². The fourth-order valence-corrected chi connectivity index (χ4v) is 3.55. The quantitative estimate of drug-likeness (QED) is 0.470. The van der Waals surface area contributed by atoms with E-state index in [1.54, 1.807) is 12.1 Å². The van der Waals surface area contributed by atoms with Gasteiger partial charge in [0.1, 0.15) is 12.4 Å². The van der Waals surface area contributed by atoms with Crippen LogP contribution in [0.5, 0.6) is 17.2 Å². The van der Waals surface area contributed by atoms with Crippen LogP contribution in [-0.4, -0.2) is 43.0 Å². The Hall–Kier alpha value is -3.74. The van der Waals surface area contributed by atoms with Gasteiger partial charge < -0.3 is 19.5 Å². The Morgan fingerprint density at radius 2 is 1.84 bits per heavy atom. The number of amides is 1. The van der Waals surface area contributed by atoms with Crippen LogP contribution in [0.25, 0.3) is 10.8 Å². The van der Waals surface area contributed by atoms with E-state index in [-0.39, 0.29) is 12.4 Å². The lowest BCUT2D eigenvalue weighted by Crippen LogP contribution is -2.42.